The molecule has 1 heterocycles. The number of hydrogen-bond acceptors (Lipinski definition) is 4. The summed E-state index contributed by atoms with van der Waals surface area (Å²) < 4.78 is 13.4. The van der Waals surface area contributed by atoms with E-state index in [0.29, 0.717) is 5.13 Å². The van der Waals surface area contributed by atoms with Gasteiger partial charge in [-0.1, -0.05) is 12.1 Å². The normalized spacial score (nSPS) is 10.2. The molecule has 0 aliphatic rings. The first-order valence-corrected chi connectivity index (χ1v) is 7.05. The van der Waals surface area contributed by atoms with Gasteiger partial charge in [0, 0.05) is 4.88 Å². The minimum absolute atomic E-state index is 0.0914. The second kappa shape index (κ2) is 6.45. The molecule has 0 radical (unpaired) electrons. The van der Waals surface area contributed by atoms with Crippen molar-refractivity contribution in [3.63, 3.8) is 0 Å². The lowest BCUT2D eigenvalue weighted by atomic mass is 10.2. The number of amides is 2. The smallest absolute Gasteiger partial charge is 0.254 e. The molecular formula is C14H14FN3O2S. The maximum atomic E-state index is 13.4. The van der Waals surface area contributed by atoms with Crippen LogP contribution in [-0.4, -0.2) is 23.3 Å². The van der Waals surface area contributed by atoms with Gasteiger partial charge in [-0.05, 0) is 26.0 Å². The number of aryl methyl sites for hydroxylation is 2. The Morgan fingerprint density at radius 1 is 1.29 bits per heavy atom. The Morgan fingerprint density at radius 2 is 2.00 bits per heavy atom. The van der Waals surface area contributed by atoms with Crippen LogP contribution in [0.4, 0.5) is 9.52 Å². The number of anilines is 1. The zero-order valence-corrected chi connectivity index (χ0v) is 12.4. The van der Waals surface area contributed by atoms with Crippen molar-refractivity contribution in [2.45, 2.75) is 13.8 Å². The molecule has 0 spiro atoms. The van der Waals surface area contributed by atoms with Crippen LogP contribution in [0.1, 0.15) is 20.9 Å². The fourth-order valence-electron chi connectivity index (χ4n) is 1.59. The minimum atomic E-state index is -0.630. The molecule has 0 aliphatic carbocycles. The number of aromatic nitrogens is 1. The number of rotatable bonds is 4. The van der Waals surface area contributed by atoms with E-state index >= 15 is 0 Å². The predicted molar refractivity (Wildman–Crippen MR) is 79.0 cm³/mol. The first-order valence-electron chi connectivity index (χ1n) is 6.24. The van der Waals surface area contributed by atoms with E-state index in [9.17, 15) is 14.0 Å². The zero-order valence-electron chi connectivity index (χ0n) is 11.6. The van der Waals surface area contributed by atoms with Crippen molar-refractivity contribution in [1.29, 1.82) is 0 Å². The van der Waals surface area contributed by atoms with Gasteiger partial charge in [-0.3, -0.25) is 9.59 Å². The van der Waals surface area contributed by atoms with Gasteiger partial charge in [0.15, 0.2) is 5.13 Å². The summed E-state index contributed by atoms with van der Waals surface area (Å²) in [4.78, 5) is 28.6. The Labute approximate surface area is 125 Å². The lowest BCUT2D eigenvalue weighted by molar-refractivity contribution is -0.115. The topological polar surface area (TPSA) is 71.1 Å². The number of carbonyl (C=O) groups excluding carboxylic acids is 2. The molecular weight excluding hydrogens is 293 g/mol. The predicted octanol–water partition coefficient (Wildman–Crippen LogP) is 2.27. The summed E-state index contributed by atoms with van der Waals surface area (Å²) in [5.41, 5.74) is 0.761. The Hall–Kier alpha value is -2.28. The summed E-state index contributed by atoms with van der Waals surface area (Å²) in [5, 5.41) is 5.43. The van der Waals surface area contributed by atoms with E-state index in [1.165, 1.54) is 29.5 Å². The molecule has 0 bridgehead atoms. The van der Waals surface area contributed by atoms with Gasteiger partial charge in [0.25, 0.3) is 5.91 Å². The zero-order chi connectivity index (χ0) is 15.4. The first-order chi connectivity index (χ1) is 9.97. The molecule has 0 fully saturated rings. The third-order valence-electron chi connectivity index (χ3n) is 2.80. The molecule has 2 amide bonds. The number of benzene rings is 1. The Bertz CT molecular complexity index is 665. The van der Waals surface area contributed by atoms with Gasteiger partial charge in [-0.2, -0.15) is 0 Å². The highest BCUT2D eigenvalue weighted by Gasteiger charge is 2.13. The van der Waals surface area contributed by atoms with Crippen LogP contribution in [0, 0.1) is 19.7 Å². The van der Waals surface area contributed by atoms with E-state index in [1.54, 1.807) is 6.07 Å². The molecule has 110 valence electrons. The summed E-state index contributed by atoms with van der Waals surface area (Å²) in [6.45, 7) is 3.51. The lowest BCUT2D eigenvalue weighted by Crippen LogP contribution is -2.33. The Kier molecular flexibility index (Phi) is 4.64. The largest absolute Gasteiger partial charge is 0.343 e. The molecule has 2 rings (SSSR count). The molecule has 1 aromatic carbocycles. The third-order valence-corrected chi connectivity index (χ3v) is 3.79. The van der Waals surface area contributed by atoms with E-state index in [-0.39, 0.29) is 12.1 Å². The summed E-state index contributed by atoms with van der Waals surface area (Å²) in [6, 6.07) is 5.59. The molecule has 5 nitrogen and oxygen atoms in total. The van der Waals surface area contributed by atoms with Crippen LogP contribution in [0.2, 0.25) is 0 Å². The van der Waals surface area contributed by atoms with Crippen molar-refractivity contribution in [2.24, 2.45) is 0 Å². The number of nitrogens with zero attached hydrogens (tertiary/aromatic N) is 1. The molecule has 2 N–H and O–H groups in total. The van der Waals surface area contributed by atoms with Crippen LogP contribution in [0.3, 0.4) is 0 Å². The summed E-state index contributed by atoms with van der Waals surface area (Å²) in [7, 11) is 0. The van der Waals surface area contributed by atoms with Crippen LogP contribution in [-0.2, 0) is 4.79 Å². The van der Waals surface area contributed by atoms with E-state index in [0.717, 1.165) is 10.6 Å². The van der Waals surface area contributed by atoms with E-state index in [2.05, 4.69) is 15.6 Å². The molecule has 1 aromatic heterocycles. The molecule has 2 aromatic rings. The van der Waals surface area contributed by atoms with E-state index in [4.69, 9.17) is 0 Å². The second-order valence-corrected chi connectivity index (χ2v) is 5.57. The number of nitrogens with one attached hydrogen (secondary N) is 2. The molecule has 0 saturated carbocycles. The standard InChI is InChI=1S/C14H14FN3O2S/c1-8-9(2)21-14(17-8)18-12(19)7-16-13(20)10-5-3-4-6-11(10)15/h3-6H,7H2,1-2H3,(H,16,20)(H,17,18,19). The summed E-state index contributed by atoms with van der Waals surface area (Å²) >= 11 is 1.36. The number of hydrogen-bond donors (Lipinski definition) is 2. The monoisotopic (exact) mass is 307 g/mol. The Balaban J connectivity index is 1.89. The van der Waals surface area contributed by atoms with Crippen molar-refractivity contribution in [2.75, 3.05) is 11.9 Å². The van der Waals surface area contributed by atoms with Gasteiger partial charge < -0.3 is 10.6 Å². The molecule has 0 saturated heterocycles. The van der Waals surface area contributed by atoms with E-state index in [1.807, 2.05) is 13.8 Å². The summed E-state index contributed by atoms with van der Waals surface area (Å²) in [5.74, 6) is -1.66. The molecule has 7 heteroatoms. The first kappa shape index (κ1) is 15.1. The van der Waals surface area contributed by atoms with Gasteiger partial charge in [0.2, 0.25) is 5.91 Å². The highest BCUT2D eigenvalue weighted by Crippen LogP contribution is 2.20. The van der Waals surface area contributed by atoms with Crippen LogP contribution in [0.25, 0.3) is 0 Å². The van der Waals surface area contributed by atoms with Crippen LogP contribution in [0.5, 0.6) is 0 Å². The lowest BCUT2D eigenvalue weighted by Gasteiger charge is -2.05. The van der Waals surface area contributed by atoms with Crippen LogP contribution in [0.15, 0.2) is 24.3 Å². The highest BCUT2D eigenvalue weighted by molar-refractivity contribution is 7.15. The van der Waals surface area contributed by atoms with Crippen molar-refractivity contribution in [1.82, 2.24) is 10.3 Å². The second-order valence-electron chi connectivity index (χ2n) is 4.37. The molecule has 21 heavy (non-hydrogen) atoms. The fourth-order valence-corrected chi connectivity index (χ4v) is 2.42. The molecule has 0 atom stereocenters. The maximum Gasteiger partial charge on any atom is 0.254 e. The van der Waals surface area contributed by atoms with Gasteiger partial charge >= 0.3 is 0 Å². The van der Waals surface area contributed by atoms with Crippen molar-refractivity contribution >= 4 is 28.3 Å². The fraction of sp³-hybridized carbons (Fsp3) is 0.214. The van der Waals surface area contributed by atoms with E-state index < -0.39 is 17.6 Å². The van der Waals surface area contributed by atoms with Crippen LogP contribution >= 0.6 is 11.3 Å². The SMILES string of the molecule is Cc1nc(NC(=O)CNC(=O)c2ccccc2F)sc1C. The number of carbonyl (C=O) groups is 2. The quantitative estimate of drug-likeness (QED) is 0.910. The third kappa shape index (κ3) is 3.85. The van der Waals surface area contributed by atoms with Crippen molar-refractivity contribution in [3.05, 3.63) is 46.2 Å². The number of thiazole rings is 1. The average molecular weight is 307 g/mol. The van der Waals surface area contributed by atoms with Crippen LogP contribution < -0.4 is 10.6 Å². The van der Waals surface area contributed by atoms with Gasteiger partial charge in [-0.25, -0.2) is 9.37 Å². The van der Waals surface area contributed by atoms with Crippen molar-refractivity contribution in [3.8, 4) is 0 Å². The van der Waals surface area contributed by atoms with Crippen molar-refractivity contribution < 1.29 is 14.0 Å². The highest BCUT2D eigenvalue weighted by atomic mass is 32.1. The van der Waals surface area contributed by atoms with Gasteiger partial charge in [0.05, 0.1) is 17.8 Å². The minimum Gasteiger partial charge on any atom is -0.343 e. The number of halogens is 1. The molecule has 0 aliphatic heterocycles. The van der Waals surface area contributed by atoms with Gasteiger partial charge in [0.1, 0.15) is 5.82 Å². The molecule has 0 unspecified atom stereocenters. The summed E-state index contributed by atoms with van der Waals surface area (Å²) in [6.07, 6.45) is 0. The average Bonchev–Trinajstić information content (AvgIpc) is 2.75. The Morgan fingerprint density at radius 3 is 2.62 bits per heavy atom. The van der Waals surface area contributed by atoms with Gasteiger partial charge in [-0.15, -0.1) is 11.3 Å². The maximum absolute atomic E-state index is 13.4.